The maximum atomic E-state index is 14.2. The van der Waals surface area contributed by atoms with E-state index in [9.17, 15) is 13.9 Å². The van der Waals surface area contributed by atoms with Crippen LogP contribution in [-0.2, 0) is 5.92 Å². The van der Waals surface area contributed by atoms with Gasteiger partial charge in [-0.3, -0.25) is 0 Å². The van der Waals surface area contributed by atoms with Crippen LogP contribution >= 0.6 is 11.3 Å². The first-order valence-electron chi connectivity index (χ1n) is 8.39. The SMILES string of the molecule is CC(F)(F)c1ccccc1-c1sc2cc(O)ccc2c1Oc1ccccc1. The van der Waals surface area contributed by atoms with Crippen LogP contribution in [0.3, 0.4) is 0 Å². The molecule has 4 rings (SSSR count). The van der Waals surface area contributed by atoms with E-state index in [1.807, 2.05) is 30.3 Å². The topological polar surface area (TPSA) is 29.5 Å². The summed E-state index contributed by atoms with van der Waals surface area (Å²) in [6.45, 7) is 0.892. The lowest BCUT2D eigenvalue weighted by molar-refractivity contribution is 0.0181. The van der Waals surface area contributed by atoms with Crippen molar-refractivity contribution < 1.29 is 18.6 Å². The molecule has 0 fully saturated rings. The van der Waals surface area contributed by atoms with Crippen LogP contribution in [0.5, 0.6) is 17.2 Å². The summed E-state index contributed by atoms with van der Waals surface area (Å²) in [5, 5.41) is 10.6. The van der Waals surface area contributed by atoms with E-state index in [4.69, 9.17) is 4.74 Å². The number of halogens is 2. The molecule has 0 aliphatic carbocycles. The van der Waals surface area contributed by atoms with E-state index in [1.54, 1.807) is 36.4 Å². The van der Waals surface area contributed by atoms with Gasteiger partial charge in [0.2, 0.25) is 0 Å². The van der Waals surface area contributed by atoms with E-state index in [0.29, 0.717) is 21.9 Å². The highest BCUT2D eigenvalue weighted by Crippen LogP contribution is 2.49. The summed E-state index contributed by atoms with van der Waals surface area (Å²) in [6, 6.07) is 20.6. The minimum atomic E-state index is -2.99. The fourth-order valence-electron chi connectivity index (χ4n) is 3.01. The molecule has 1 aromatic heterocycles. The highest BCUT2D eigenvalue weighted by atomic mass is 32.1. The van der Waals surface area contributed by atoms with Crippen LogP contribution in [0.4, 0.5) is 8.78 Å². The lowest BCUT2D eigenvalue weighted by Crippen LogP contribution is -2.08. The smallest absolute Gasteiger partial charge is 0.271 e. The van der Waals surface area contributed by atoms with Gasteiger partial charge in [0, 0.05) is 28.1 Å². The molecule has 27 heavy (non-hydrogen) atoms. The lowest BCUT2D eigenvalue weighted by Gasteiger charge is -2.16. The predicted octanol–water partition coefficient (Wildman–Crippen LogP) is 7.18. The van der Waals surface area contributed by atoms with Gasteiger partial charge in [-0.05, 0) is 30.3 Å². The highest BCUT2D eigenvalue weighted by Gasteiger charge is 2.30. The second-order valence-electron chi connectivity index (χ2n) is 6.29. The Morgan fingerprint density at radius 1 is 0.926 bits per heavy atom. The molecule has 1 N–H and O–H groups in total. The quantitative estimate of drug-likeness (QED) is 0.405. The number of hydrogen-bond donors (Lipinski definition) is 1. The second kappa shape index (κ2) is 6.67. The number of phenols is 1. The third kappa shape index (κ3) is 3.38. The molecule has 0 saturated heterocycles. The number of hydrogen-bond acceptors (Lipinski definition) is 3. The maximum absolute atomic E-state index is 14.2. The van der Waals surface area contributed by atoms with Crippen molar-refractivity contribution in [3.63, 3.8) is 0 Å². The summed E-state index contributed by atoms with van der Waals surface area (Å²) in [4.78, 5) is 0.608. The molecule has 4 aromatic rings. The van der Waals surface area contributed by atoms with Gasteiger partial charge in [0.25, 0.3) is 5.92 Å². The number of phenolic OH excluding ortho intramolecular Hbond substituents is 1. The molecule has 1 heterocycles. The second-order valence-corrected chi connectivity index (χ2v) is 7.34. The van der Waals surface area contributed by atoms with Gasteiger partial charge >= 0.3 is 0 Å². The maximum Gasteiger partial charge on any atom is 0.271 e. The van der Waals surface area contributed by atoms with Gasteiger partial charge in [0.1, 0.15) is 11.5 Å². The molecule has 0 aliphatic rings. The Morgan fingerprint density at radius 2 is 1.63 bits per heavy atom. The summed E-state index contributed by atoms with van der Waals surface area (Å²) in [5.74, 6) is -1.74. The molecule has 0 unspecified atom stereocenters. The summed E-state index contributed by atoms with van der Waals surface area (Å²) in [5.41, 5.74) is 0.371. The zero-order valence-electron chi connectivity index (χ0n) is 14.4. The van der Waals surface area contributed by atoms with Crippen LogP contribution < -0.4 is 4.74 Å². The largest absolute Gasteiger partial charge is 0.508 e. The third-order valence-electron chi connectivity index (χ3n) is 4.24. The Morgan fingerprint density at radius 3 is 2.37 bits per heavy atom. The minimum absolute atomic E-state index is 0.0568. The molecule has 5 heteroatoms. The lowest BCUT2D eigenvalue weighted by atomic mass is 10.0. The van der Waals surface area contributed by atoms with Crippen LogP contribution in [0, 0.1) is 0 Å². The first kappa shape index (κ1) is 17.5. The van der Waals surface area contributed by atoms with Crippen LogP contribution in [-0.4, -0.2) is 5.11 Å². The van der Waals surface area contributed by atoms with E-state index < -0.39 is 5.92 Å². The van der Waals surface area contributed by atoms with Gasteiger partial charge in [0.15, 0.2) is 5.75 Å². The molecular weight excluding hydrogens is 366 g/mol. The number of rotatable bonds is 4. The number of thiophene rings is 1. The van der Waals surface area contributed by atoms with Crippen molar-refractivity contribution in [2.75, 3.05) is 0 Å². The summed E-state index contributed by atoms with van der Waals surface area (Å²) in [6.07, 6.45) is 0. The first-order chi connectivity index (χ1) is 12.9. The average Bonchev–Trinajstić information content (AvgIpc) is 2.99. The van der Waals surface area contributed by atoms with Crippen molar-refractivity contribution in [2.24, 2.45) is 0 Å². The van der Waals surface area contributed by atoms with E-state index in [0.717, 1.165) is 17.0 Å². The summed E-state index contributed by atoms with van der Waals surface area (Å²) >= 11 is 1.32. The zero-order valence-corrected chi connectivity index (χ0v) is 15.3. The monoisotopic (exact) mass is 382 g/mol. The fraction of sp³-hybridized carbons (Fsp3) is 0.0909. The number of fused-ring (bicyclic) bond motifs is 1. The molecule has 0 spiro atoms. The Kier molecular flexibility index (Phi) is 4.32. The molecular formula is C22H16F2O2S. The first-order valence-corrected chi connectivity index (χ1v) is 9.21. The van der Waals surface area contributed by atoms with Crippen molar-refractivity contribution in [1.82, 2.24) is 0 Å². The van der Waals surface area contributed by atoms with Crippen LogP contribution in [0.25, 0.3) is 20.5 Å². The van der Waals surface area contributed by atoms with Crippen molar-refractivity contribution in [1.29, 1.82) is 0 Å². The van der Waals surface area contributed by atoms with Gasteiger partial charge in [-0.1, -0.05) is 42.5 Å². The number of para-hydroxylation sites is 1. The number of aromatic hydroxyl groups is 1. The average molecular weight is 382 g/mol. The fourth-order valence-corrected chi connectivity index (χ4v) is 4.21. The Labute approximate surface area is 159 Å². The van der Waals surface area contributed by atoms with E-state index in [2.05, 4.69) is 0 Å². The predicted molar refractivity (Wildman–Crippen MR) is 105 cm³/mol. The molecule has 2 nitrogen and oxygen atoms in total. The van der Waals surface area contributed by atoms with Crippen LogP contribution in [0.2, 0.25) is 0 Å². The Balaban J connectivity index is 1.97. The standard InChI is InChI=1S/C22H16F2O2S/c1-22(23,24)18-10-6-5-9-16(18)21-20(26-15-7-3-2-4-8-15)17-12-11-14(25)13-19(17)27-21/h2-13,25H,1H3. The van der Waals surface area contributed by atoms with Gasteiger partial charge in [-0.15, -0.1) is 11.3 Å². The van der Waals surface area contributed by atoms with Crippen molar-refractivity contribution >= 4 is 21.4 Å². The van der Waals surface area contributed by atoms with Crippen molar-refractivity contribution in [3.05, 3.63) is 78.4 Å². The number of alkyl halides is 2. The molecule has 3 aromatic carbocycles. The van der Waals surface area contributed by atoms with Crippen LogP contribution in [0.1, 0.15) is 12.5 Å². The Bertz CT molecular complexity index is 1100. The van der Waals surface area contributed by atoms with Gasteiger partial charge in [0.05, 0.1) is 4.88 Å². The summed E-state index contributed by atoms with van der Waals surface area (Å²) in [7, 11) is 0. The van der Waals surface area contributed by atoms with E-state index in [1.165, 1.54) is 17.4 Å². The molecule has 0 aliphatic heterocycles. The molecule has 0 radical (unpaired) electrons. The number of ether oxygens (including phenoxy) is 1. The highest BCUT2D eigenvalue weighted by molar-refractivity contribution is 7.22. The van der Waals surface area contributed by atoms with Gasteiger partial charge in [-0.25, -0.2) is 8.78 Å². The Hall–Kier alpha value is -2.92. The molecule has 136 valence electrons. The zero-order chi connectivity index (χ0) is 19.0. The molecule has 0 atom stereocenters. The number of benzene rings is 3. The normalized spacial score (nSPS) is 11.7. The van der Waals surface area contributed by atoms with Crippen molar-refractivity contribution in [3.8, 4) is 27.7 Å². The molecule has 0 amide bonds. The van der Waals surface area contributed by atoms with E-state index in [-0.39, 0.29) is 11.3 Å². The minimum Gasteiger partial charge on any atom is -0.508 e. The molecule has 0 saturated carbocycles. The summed E-state index contributed by atoms with van der Waals surface area (Å²) < 4.78 is 35.3. The van der Waals surface area contributed by atoms with Gasteiger partial charge < -0.3 is 9.84 Å². The molecule has 0 bridgehead atoms. The van der Waals surface area contributed by atoms with Crippen LogP contribution in [0.15, 0.2) is 72.8 Å². The third-order valence-corrected chi connectivity index (χ3v) is 5.40. The van der Waals surface area contributed by atoms with Crippen molar-refractivity contribution in [2.45, 2.75) is 12.8 Å². The van der Waals surface area contributed by atoms with Gasteiger partial charge in [-0.2, -0.15) is 0 Å². The van der Waals surface area contributed by atoms with E-state index >= 15 is 0 Å².